The van der Waals surface area contributed by atoms with Gasteiger partial charge in [-0.3, -0.25) is 4.79 Å². The Labute approximate surface area is 209 Å². The van der Waals surface area contributed by atoms with Crippen LogP contribution in [0.2, 0.25) is 0 Å². The van der Waals surface area contributed by atoms with Crippen LogP contribution in [0, 0.1) is 18.7 Å². The second-order valence-electron chi connectivity index (χ2n) is 10.9. The molecule has 2 N–H and O–H groups in total. The first-order chi connectivity index (χ1) is 16.9. The Morgan fingerprint density at radius 3 is 2.56 bits per heavy atom. The van der Waals surface area contributed by atoms with Crippen LogP contribution in [0.15, 0.2) is 23.0 Å². The minimum atomic E-state index is -1.14. The number of ether oxygens (including phenoxy) is 1. The number of halogens is 1. The summed E-state index contributed by atoms with van der Waals surface area (Å²) >= 11 is 0. The number of pyridine rings is 1. The van der Waals surface area contributed by atoms with Crippen molar-refractivity contribution in [2.24, 2.45) is 5.92 Å². The Balaban J connectivity index is 1.68. The number of aryl methyl sites for hydroxylation is 1. The lowest BCUT2D eigenvalue weighted by Crippen LogP contribution is -2.42. The fourth-order valence-electron chi connectivity index (χ4n) is 5.07. The van der Waals surface area contributed by atoms with E-state index in [0.717, 1.165) is 25.3 Å². The van der Waals surface area contributed by atoms with Crippen molar-refractivity contribution in [2.75, 3.05) is 18.0 Å². The molecule has 8 nitrogen and oxygen atoms in total. The third-order valence-corrected chi connectivity index (χ3v) is 6.84. The monoisotopic (exact) mass is 499 g/mol. The highest BCUT2D eigenvalue weighted by atomic mass is 19.1. The number of carboxylic acids is 1. The van der Waals surface area contributed by atoms with Gasteiger partial charge in [-0.1, -0.05) is 0 Å². The molecule has 2 atom stereocenters. The predicted molar refractivity (Wildman–Crippen MR) is 137 cm³/mol. The maximum Gasteiger partial charge on any atom is 0.407 e. The number of nitrogens with zero attached hydrogens (tertiary/aromatic N) is 2. The average molecular weight is 500 g/mol. The van der Waals surface area contributed by atoms with E-state index in [-0.39, 0.29) is 23.6 Å². The van der Waals surface area contributed by atoms with Gasteiger partial charge in [-0.25, -0.2) is 14.0 Å². The number of hydrogen-bond acceptors (Lipinski definition) is 5. The molecule has 194 valence electrons. The number of anilines is 1. The first kappa shape index (κ1) is 25.7. The van der Waals surface area contributed by atoms with E-state index in [4.69, 9.17) is 9.84 Å². The topological polar surface area (TPSA) is 101 Å². The van der Waals surface area contributed by atoms with E-state index in [1.165, 1.54) is 18.2 Å². The number of rotatable bonds is 6. The molecule has 1 saturated carbocycles. The molecule has 1 amide bonds. The number of aliphatic carboxylic acids is 1. The largest absolute Gasteiger partial charge is 0.478 e. The minimum absolute atomic E-state index is 0.0684. The van der Waals surface area contributed by atoms with Crippen LogP contribution in [0.4, 0.5) is 14.9 Å². The predicted octanol–water partition coefficient (Wildman–Crippen LogP) is 4.62. The summed E-state index contributed by atoms with van der Waals surface area (Å²) in [6.07, 6.45) is 4.36. The Kier molecular flexibility index (Phi) is 6.86. The van der Waals surface area contributed by atoms with E-state index in [1.807, 2.05) is 39.5 Å². The molecule has 4 rings (SSSR count). The number of benzene rings is 1. The van der Waals surface area contributed by atoms with Gasteiger partial charge in [0.05, 0.1) is 11.2 Å². The number of carbonyl (C=O) groups excluding carboxylic acids is 1. The Hall–Kier alpha value is -3.36. The summed E-state index contributed by atoms with van der Waals surface area (Å²) in [5, 5.41) is 12.5. The van der Waals surface area contributed by atoms with E-state index in [1.54, 1.807) is 4.57 Å². The van der Waals surface area contributed by atoms with E-state index >= 15 is 4.39 Å². The van der Waals surface area contributed by atoms with Gasteiger partial charge < -0.3 is 24.6 Å². The summed E-state index contributed by atoms with van der Waals surface area (Å²) in [5.41, 5.74) is 1.33. The SMILES string of the molecule is Cc1c(N2CC[C@@H]([C@H](C)NC(=O)OC(C)(C)C)C2)c(F)cc2c(C=CC(=O)O)cc(=O)n(C3CC3)c12. The van der Waals surface area contributed by atoms with E-state index in [9.17, 15) is 14.4 Å². The molecule has 36 heavy (non-hydrogen) atoms. The van der Waals surface area contributed by atoms with Gasteiger partial charge in [0.25, 0.3) is 5.56 Å². The van der Waals surface area contributed by atoms with Crippen molar-refractivity contribution in [1.82, 2.24) is 9.88 Å². The van der Waals surface area contributed by atoms with E-state index < -0.39 is 23.5 Å². The number of amides is 1. The lowest BCUT2D eigenvalue weighted by Gasteiger charge is -2.27. The molecular formula is C27H34FN3O5. The number of nitrogens with one attached hydrogen (secondary N) is 1. The molecule has 1 aliphatic carbocycles. The maximum absolute atomic E-state index is 15.6. The van der Waals surface area contributed by atoms with Gasteiger partial charge >= 0.3 is 12.1 Å². The molecule has 2 aliphatic rings. The molecule has 0 bridgehead atoms. The molecule has 0 unspecified atom stereocenters. The van der Waals surface area contributed by atoms with Crippen LogP contribution in [0.5, 0.6) is 0 Å². The Morgan fingerprint density at radius 2 is 1.94 bits per heavy atom. The summed E-state index contributed by atoms with van der Waals surface area (Å²) in [4.78, 5) is 38.3. The Bertz CT molecular complexity index is 1290. The van der Waals surface area contributed by atoms with Crippen LogP contribution < -0.4 is 15.8 Å². The highest BCUT2D eigenvalue weighted by Crippen LogP contribution is 2.41. The zero-order valence-corrected chi connectivity index (χ0v) is 21.4. The second-order valence-corrected chi connectivity index (χ2v) is 10.9. The van der Waals surface area contributed by atoms with Crippen LogP contribution in [0.3, 0.4) is 0 Å². The molecule has 1 aromatic heterocycles. The van der Waals surface area contributed by atoms with Crippen molar-refractivity contribution >= 4 is 34.7 Å². The zero-order valence-electron chi connectivity index (χ0n) is 21.4. The molecule has 0 spiro atoms. The van der Waals surface area contributed by atoms with E-state index in [0.29, 0.717) is 40.8 Å². The maximum atomic E-state index is 15.6. The van der Waals surface area contributed by atoms with Gasteiger partial charge in [-0.2, -0.15) is 0 Å². The van der Waals surface area contributed by atoms with Crippen molar-refractivity contribution in [3.63, 3.8) is 0 Å². The van der Waals surface area contributed by atoms with Crippen LogP contribution in [-0.4, -0.2) is 46.5 Å². The van der Waals surface area contributed by atoms with Gasteiger partial charge in [0.2, 0.25) is 0 Å². The van der Waals surface area contributed by atoms with Gasteiger partial charge in [0, 0.05) is 42.7 Å². The number of fused-ring (bicyclic) bond motifs is 1. The van der Waals surface area contributed by atoms with Crippen molar-refractivity contribution in [1.29, 1.82) is 0 Å². The van der Waals surface area contributed by atoms with Crippen molar-refractivity contribution in [2.45, 2.75) is 71.6 Å². The molecule has 2 fully saturated rings. The third-order valence-electron chi connectivity index (χ3n) is 6.84. The summed E-state index contributed by atoms with van der Waals surface area (Å²) in [6.45, 7) is 10.3. The first-order valence-electron chi connectivity index (χ1n) is 12.4. The molecule has 9 heteroatoms. The molecule has 1 aliphatic heterocycles. The number of alkyl carbamates (subject to hydrolysis) is 1. The van der Waals surface area contributed by atoms with Gasteiger partial charge in [0.15, 0.2) is 0 Å². The molecule has 1 aromatic carbocycles. The van der Waals surface area contributed by atoms with E-state index in [2.05, 4.69) is 5.32 Å². The van der Waals surface area contributed by atoms with Crippen LogP contribution >= 0.6 is 0 Å². The quantitative estimate of drug-likeness (QED) is 0.563. The van der Waals surface area contributed by atoms with Crippen molar-refractivity contribution in [3.05, 3.63) is 45.5 Å². The lowest BCUT2D eigenvalue weighted by molar-refractivity contribution is -0.131. The second kappa shape index (κ2) is 9.59. The number of carbonyl (C=O) groups is 2. The highest BCUT2D eigenvalue weighted by Gasteiger charge is 2.33. The fourth-order valence-corrected chi connectivity index (χ4v) is 5.07. The summed E-state index contributed by atoms with van der Waals surface area (Å²) < 4.78 is 22.7. The minimum Gasteiger partial charge on any atom is -0.478 e. The number of aromatic nitrogens is 1. The molecule has 0 radical (unpaired) electrons. The number of hydrogen-bond donors (Lipinski definition) is 2. The first-order valence-corrected chi connectivity index (χ1v) is 12.4. The number of carboxylic acid groups (broad SMARTS) is 1. The van der Waals surface area contributed by atoms with Gasteiger partial charge in [0.1, 0.15) is 11.4 Å². The van der Waals surface area contributed by atoms with Crippen LogP contribution in [0.1, 0.15) is 64.1 Å². The van der Waals surface area contributed by atoms with Crippen molar-refractivity contribution < 1.29 is 23.8 Å². The van der Waals surface area contributed by atoms with Gasteiger partial charge in [-0.05, 0) is 83.1 Å². The molecular weight excluding hydrogens is 465 g/mol. The summed E-state index contributed by atoms with van der Waals surface area (Å²) in [5.74, 6) is -1.46. The van der Waals surface area contributed by atoms with Crippen LogP contribution in [0.25, 0.3) is 17.0 Å². The molecule has 2 aromatic rings. The third kappa shape index (κ3) is 5.39. The van der Waals surface area contributed by atoms with Gasteiger partial charge in [-0.15, -0.1) is 0 Å². The van der Waals surface area contributed by atoms with Crippen LogP contribution in [-0.2, 0) is 9.53 Å². The average Bonchev–Trinajstić information content (AvgIpc) is 3.47. The highest BCUT2D eigenvalue weighted by molar-refractivity contribution is 5.96. The molecule has 2 heterocycles. The Morgan fingerprint density at radius 1 is 1.25 bits per heavy atom. The zero-order chi connectivity index (χ0) is 26.4. The lowest BCUT2D eigenvalue weighted by atomic mass is 10.0. The van der Waals surface area contributed by atoms with Crippen molar-refractivity contribution in [3.8, 4) is 0 Å². The normalized spacial score (nSPS) is 19.2. The fraction of sp³-hybridized carbons (Fsp3) is 0.519. The standard InChI is InChI=1S/C27H34FN3O5/c1-15-24-20(17(6-9-23(33)34)12-22(32)31(24)19-7-8-19)13-21(28)25(15)30-11-10-18(14-30)16(2)29-26(35)36-27(3,4)5/h6,9,12-13,16,18-19H,7-8,10-11,14H2,1-5H3,(H,29,35)(H,33,34)/t16-,18+/m0/s1. The summed E-state index contributed by atoms with van der Waals surface area (Å²) in [6, 6.07) is 2.70. The smallest absolute Gasteiger partial charge is 0.407 e. The molecule has 1 saturated heterocycles. The summed E-state index contributed by atoms with van der Waals surface area (Å²) in [7, 11) is 0.